The van der Waals surface area contributed by atoms with Crippen molar-refractivity contribution >= 4 is 10.2 Å². The fourth-order valence-corrected chi connectivity index (χ4v) is 3.45. The minimum absolute atomic E-state index is 0.508. The Morgan fingerprint density at radius 1 is 0.545 bits per heavy atom. The molecule has 0 bridgehead atoms. The van der Waals surface area contributed by atoms with E-state index in [1.807, 2.05) is 6.92 Å². The largest absolute Gasteiger partial charge is 0.276 e. The summed E-state index contributed by atoms with van der Waals surface area (Å²) in [5, 5.41) is 0. The van der Waals surface area contributed by atoms with E-state index in [1.54, 1.807) is 0 Å². The predicted molar refractivity (Wildman–Crippen MR) is 96.3 cm³/mol. The van der Waals surface area contributed by atoms with Crippen LogP contribution in [0.4, 0.5) is 0 Å². The third-order valence-corrected chi connectivity index (χ3v) is 5.03. The van der Waals surface area contributed by atoms with Crippen LogP contribution in [-0.4, -0.2) is 21.5 Å². The number of unbranched alkanes of at least 4 members (excludes halogenated alkanes) is 11. The van der Waals surface area contributed by atoms with Crippen molar-refractivity contribution in [1.82, 2.24) is 9.44 Å². The average Bonchev–Trinajstić information content (AvgIpc) is 2.50. The summed E-state index contributed by atoms with van der Waals surface area (Å²) in [5.41, 5.74) is 0. The zero-order valence-corrected chi connectivity index (χ0v) is 15.6. The molecule has 0 aliphatic rings. The van der Waals surface area contributed by atoms with E-state index in [0.29, 0.717) is 13.1 Å². The van der Waals surface area contributed by atoms with Crippen LogP contribution >= 0.6 is 0 Å². The zero-order chi connectivity index (χ0) is 16.5. The van der Waals surface area contributed by atoms with Crippen molar-refractivity contribution in [2.75, 3.05) is 13.1 Å². The van der Waals surface area contributed by atoms with Gasteiger partial charge in [0.2, 0.25) is 0 Å². The third-order valence-electron chi connectivity index (χ3n) is 3.86. The van der Waals surface area contributed by atoms with E-state index in [-0.39, 0.29) is 0 Å². The van der Waals surface area contributed by atoms with Gasteiger partial charge in [0.1, 0.15) is 0 Å². The normalized spacial score (nSPS) is 11.9. The Balaban J connectivity index is 3.20. The molecule has 0 saturated carbocycles. The van der Waals surface area contributed by atoms with Gasteiger partial charge in [0.05, 0.1) is 0 Å². The fourth-order valence-electron chi connectivity index (χ4n) is 2.46. The maximum Gasteiger partial charge on any atom is 0.276 e. The summed E-state index contributed by atoms with van der Waals surface area (Å²) >= 11 is 0. The van der Waals surface area contributed by atoms with E-state index in [9.17, 15) is 8.42 Å². The van der Waals surface area contributed by atoms with Crippen molar-refractivity contribution in [3.05, 3.63) is 0 Å². The Kier molecular flexibility index (Phi) is 15.7. The number of rotatable bonds is 17. The second-order valence-electron chi connectivity index (χ2n) is 6.18. The lowest BCUT2D eigenvalue weighted by Crippen LogP contribution is -2.37. The SMILES string of the molecule is CCCCCCCCCCCCCCNS(=O)(=O)NCCC. The number of hydrogen-bond donors (Lipinski definition) is 2. The maximum atomic E-state index is 11.5. The van der Waals surface area contributed by atoms with E-state index >= 15 is 0 Å². The summed E-state index contributed by atoms with van der Waals surface area (Å²) in [6.07, 6.45) is 16.4. The van der Waals surface area contributed by atoms with Gasteiger partial charge in [-0.25, -0.2) is 9.44 Å². The standard InChI is InChI=1S/C17H38N2O2S/c1-3-5-6-7-8-9-10-11-12-13-14-15-17-19-22(20,21)18-16-4-2/h18-19H,3-17H2,1-2H3. The molecule has 4 nitrogen and oxygen atoms in total. The van der Waals surface area contributed by atoms with Gasteiger partial charge in [0.15, 0.2) is 0 Å². The molecule has 2 N–H and O–H groups in total. The van der Waals surface area contributed by atoms with Crippen LogP contribution < -0.4 is 9.44 Å². The van der Waals surface area contributed by atoms with E-state index in [4.69, 9.17) is 0 Å². The molecule has 0 rings (SSSR count). The van der Waals surface area contributed by atoms with Gasteiger partial charge >= 0.3 is 0 Å². The summed E-state index contributed by atoms with van der Waals surface area (Å²) in [6, 6.07) is 0. The van der Waals surface area contributed by atoms with E-state index in [1.165, 1.54) is 64.2 Å². The quantitative estimate of drug-likeness (QED) is 0.384. The van der Waals surface area contributed by atoms with Crippen LogP contribution in [0.2, 0.25) is 0 Å². The highest BCUT2D eigenvalue weighted by Crippen LogP contribution is 2.11. The monoisotopic (exact) mass is 334 g/mol. The first-order valence-corrected chi connectivity index (χ1v) is 10.8. The van der Waals surface area contributed by atoms with Crippen molar-refractivity contribution in [3.8, 4) is 0 Å². The number of nitrogens with one attached hydrogen (secondary N) is 2. The molecule has 0 fully saturated rings. The molecule has 134 valence electrons. The molecule has 0 aromatic rings. The fraction of sp³-hybridized carbons (Fsp3) is 1.00. The molecule has 0 aromatic heterocycles. The lowest BCUT2D eigenvalue weighted by molar-refractivity contribution is 0.537. The molecule has 22 heavy (non-hydrogen) atoms. The van der Waals surface area contributed by atoms with Crippen LogP contribution in [-0.2, 0) is 10.2 Å². The highest BCUT2D eigenvalue weighted by atomic mass is 32.2. The minimum Gasteiger partial charge on any atom is -0.202 e. The molecule has 0 aromatic carbocycles. The van der Waals surface area contributed by atoms with Gasteiger partial charge in [-0.05, 0) is 12.8 Å². The summed E-state index contributed by atoms with van der Waals surface area (Å²) < 4.78 is 28.0. The smallest absolute Gasteiger partial charge is 0.202 e. The second-order valence-corrected chi connectivity index (χ2v) is 7.77. The highest BCUT2D eigenvalue weighted by molar-refractivity contribution is 7.87. The van der Waals surface area contributed by atoms with Gasteiger partial charge in [-0.15, -0.1) is 0 Å². The first kappa shape index (κ1) is 21.9. The summed E-state index contributed by atoms with van der Waals surface area (Å²) in [6.45, 7) is 5.27. The van der Waals surface area contributed by atoms with Gasteiger partial charge in [-0.2, -0.15) is 8.42 Å². The Morgan fingerprint density at radius 3 is 1.41 bits per heavy atom. The second kappa shape index (κ2) is 15.8. The van der Waals surface area contributed by atoms with Gasteiger partial charge < -0.3 is 0 Å². The van der Waals surface area contributed by atoms with Crippen LogP contribution in [0.1, 0.15) is 97.3 Å². The molecule has 0 unspecified atom stereocenters. The molecular weight excluding hydrogens is 296 g/mol. The van der Waals surface area contributed by atoms with E-state index < -0.39 is 10.2 Å². The molecule has 0 amide bonds. The molecule has 5 heteroatoms. The van der Waals surface area contributed by atoms with Crippen molar-refractivity contribution in [2.45, 2.75) is 97.3 Å². The van der Waals surface area contributed by atoms with Crippen LogP contribution in [0, 0.1) is 0 Å². The molecule has 0 aliphatic heterocycles. The Labute approximate surface area is 139 Å². The maximum absolute atomic E-state index is 11.5. The molecule has 0 spiro atoms. The van der Waals surface area contributed by atoms with Crippen molar-refractivity contribution in [2.24, 2.45) is 0 Å². The Bertz CT molecular complexity index is 319. The first-order valence-electron chi connectivity index (χ1n) is 9.36. The van der Waals surface area contributed by atoms with Gasteiger partial charge in [-0.1, -0.05) is 84.5 Å². The van der Waals surface area contributed by atoms with Gasteiger partial charge in [-0.3, -0.25) is 0 Å². The molecule has 0 atom stereocenters. The Morgan fingerprint density at radius 2 is 0.955 bits per heavy atom. The minimum atomic E-state index is -3.26. The van der Waals surface area contributed by atoms with Crippen LogP contribution in [0.5, 0.6) is 0 Å². The molecular formula is C17H38N2O2S. The zero-order valence-electron chi connectivity index (χ0n) is 14.8. The van der Waals surface area contributed by atoms with Gasteiger partial charge in [0, 0.05) is 13.1 Å². The molecule has 0 aliphatic carbocycles. The van der Waals surface area contributed by atoms with Crippen LogP contribution in [0.15, 0.2) is 0 Å². The molecule has 0 radical (unpaired) electrons. The predicted octanol–water partition coefficient (Wildman–Crippen LogP) is 4.52. The van der Waals surface area contributed by atoms with E-state index in [2.05, 4.69) is 16.4 Å². The topological polar surface area (TPSA) is 58.2 Å². The van der Waals surface area contributed by atoms with E-state index in [0.717, 1.165) is 19.3 Å². The van der Waals surface area contributed by atoms with Crippen LogP contribution in [0.3, 0.4) is 0 Å². The number of hydrogen-bond acceptors (Lipinski definition) is 2. The van der Waals surface area contributed by atoms with Gasteiger partial charge in [0.25, 0.3) is 10.2 Å². The highest BCUT2D eigenvalue weighted by Gasteiger charge is 2.06. The summed E-state index contributed by atoms with van der Waals surface area (Å²) in [7, 11) is -3.26. The lowest BCUT2D eigenvalue weighted by atomic mass is 10.1. The summed E-state index contributed by atoms with van der Waals surface area (Å²) in [5.74, 6) is 0. The van der Waals surface area contributed by atoms with Crippen LogP contribution in [0.25, 0.3) is 0 Å². The summed E-state index contributed by atoms with van der Waals surface area (Å²) in [4.78, 5) is 0. The van der Waals surface area contributed by atoms with Crippen molar-refractivity contribution in [1.29, 1.82) is 0 Å². The first-order chi connectivity index (χ1) is 10.6. The lowest BCUT2D eigenvalue weighted by Gasteiger charge is -2.07. The third kappa shape index (κ3) is 16.2. The Hall–Kier alpha value is -0.130. The van der Waals surface area contributed by atoms with Crippen molar-refractivity contribution in [3.63, 3.8) is 0 Å². The van der Waals surface area contributed by atoms with Crippen molar-refractivity contribution < 1.29 is 8.42 Å². The average molecular weight is 335 g/mol. The molecule has 0 saturated heterocycles. The molecule has 0 heterocycles.